The Hall–Kier alpha value is -1.63. The first-order valence-corrected chi connectivity index (χ1v) is 8.63. The van der Waals surface area contributed by atoms with Gasteiger partial charge >= 0.3 is 0 Å². The number of morpholine rings is 1. The summed E-state index contributed by atoms with van der Waals surface area (Å²) >= 11 is 0. The van der Waals surface area contributed by atoms with E-state index < -0.39 is 5.60 Å². The third-order valence-electron chi connectivity index (χ3n) is 4.63. The van der Waals surface area contributed by atoms with Crippen LogP contribution in [0.2, 0.25) is 0 Å². The molecule has 2 aliphatic heterocycles. The van der Waals surface area contributed by atoms with Gasteiger partial charge in [0.25, 0.3) is 0 Å². The highest BCUT2D eigenvalue weighted by atomic mass is 16.5. The monoisotopic (exact) mass is 334 g/mol. The summed E-state index contributed by atoms with van der Waals surface area (Å²) in [4.78, 5) is 16.3. The summed E-state index contributed by atoms with van der Waals surface area (Å²) < 4.78 is 10.9. The molecule has 132 valence electrons. The number of ether oxygens (including phenoxy) is 2. The van der Waals surface area contributed by atoms with Crippen molar-refractivity contribution >= 4 is 5.91 Å². The van der Waals surface area contributed by atoms with Crippen LogP contribution < -0.4 is 4.74 Å². The number of nitrogens with zero attached hydrogens (tertiary/aromatic N) is 2. The molecule has 1 amide bonds. The van der Waals surface area contributed by atoms with Crippen molar-refractivity contribution in [1.82, 2.24) is 9.80 Å². The van der Waals surface area contributed by atoms with Crippen LogP contribution in [-0.4, -0.2) is 79.0 Å². The van der Waals surface area contributed by atoms with Crippen LogP contribution in [0.1, 0.15) is 12.8 Å². The summed E-state index contributed by atoms with van der Waals surface area (Å²) in [7, 11) is 0. The van der Waals surface area contributed by atoms with Gasteiger partial charge in [0.05, 0.1) is 38.4 Å². The summed E-state index contributed by atoms with van der Waals surface area (Å²) in [6.45, 7) is 5.13. The predicted octanol–water partition coefficient (Wildman–Crippen LogP) is 0.751. The van der Waals surface area contributed by atoms with Gasteiger partial charge in [-0.15, -0.1) is 0 Å². The van der Waals surface area contributed by atoms with Crippen molar-refractivity contribution in [2.24, 2.45) is 0 Å². The molecule has 0 bridgehead atoms. The highest BCUT2D eigenvalue weighted by Gasteiger charge is 2.39. The number of likely N-dealkylation sites (tertiary alicyclic amines) is 1. The number of amides is 1. The lowest BCUT2D eigenvalue weighted by atomic mass is 10.0. The Morgan fingerprint density at radius 2 is 1.96 bits per heavy atom. The van der Waals surface area contributed by atoms with Gasteiger partial charge in [-0.1, -0.05) is 18.2 Å². The molecule has 1 aromatic rings. The summed E-state index contributed by atoms with van der Waals surface area (Å²) in [6, 6.07) is 9.49. The van der Waals surface area contributed by atoms with E-state index in [-0.39, 0.29) is 5.91 Å². The standard InChI is InChI=1S/C18H26N2O4/c21-17(6-11-24-16-4-2-1-3-5-16)20-8-7-18(22,15-20)14-19-9-12-23-13-10-19/h1-5,22H,6-15H2/t18-/m0/s1. The van der Waals surface area contributed by atoms with Gasteiger partial charge in [0.1, 0.15) is 5.75 Å². The lowest BCUT2D eigenvalue weighted by molar-refractivity contribution is -0.132. The van der Waals surface area contributed by atoms with Gasteiger partial charge in [-0.2, -0.15) is 0 Å². The Morgan fingerprint density at radius 3 is 2.71 bits per heavy atom. The molecule has 2 aliphatic rings. The minimum atomic E-state index is -0.798. The largest absolute Gasteiger partial charge is 0.493 e. The molecule has 0 saturated carbocycles. The molecular formula is C18H26N2O4. The van der Waals surface area contributed by atoms with E-state index in [0.717, 1.165) is 32.1 Å². The van der Waals surface area contributed by atoms with Gasteiger partial charge in [0.2, 0.25) is 5.91 Å². The molecule has 2 fully saturated rings. The van der Waals surface area contributed by atoms with Gasteiger partial charge in [-0.3, -0.25) is 9.69 Å². The highest BCUT2D eigenvalue weighted by molar-refractivity contribution is 5.76. The molecule has 6 nitrogen and oxygen atoms in total. The lowest BCUT2D eigenvalue weighted by Gasteiger charge is -2.33. The van der Waals surface area contributed by atoms with Crippen molar-refractivity contribution in [3.63, 3.8) is 0 Å². The number of aliphatic hydroxyl groups is 1. The molecule has 2 heterocycles. The van der Waals surface area contributed by atoms with Crippen molar-refractivity contribution in [3.8, 4) is 5.75 Å². The smallest absolute Gasteiger partial charge is 0.226 e. The van der Waals surface area contributed by atoms with E-state index in [1.54, 1.807) is 4.90 Å². The van der Waals surface area contributed by atoms with Crippen molar-refractivity contribution in [2.75, 3.05) is 52.5 Å². The average molecular weight is 334 g/mol. The summed E-state index contributed by atoms with van der Waals surface area (Å²) in [5.74, 6) is 0.819. The minimum Gasteiger partial charge on any atom is -0.493 e. The molecular weight excluding hydrogens is 308 g/mol. The quantitative estimate of drug-likeness (QED) is 0.832. The minimum absolute atomic E-state index is 0.0452. The van der Waals surface area contributed by atoms with E-state index >= 15 is 0 Å². The first-order valence-electron chi connectivity index (χ1n) is 8.63. The molecule has 6 heteroatoms. The molecule has 3 rings (SSSR count). The fraction of sp³-hybridized carbons (Fsp3) is 0.611. The Labute approximate surface area is 143 Å². The van der Waals surface area contributed by atoms with E-state index in [2.05, 4.69) is 4.90 Å². The molecule has 0 aromatic heterocycles. The third-order valence-corrected chi connectivity index (χ3v) is 4.63. The fourth-order valence-electron chi connectivity index (χ4n) is 3.30. The third kappa shape index (κ3) is 4.69. The second kappa shape index (κ2) is 7.96. The average Bonchev–Trinajstić information content (AvgIpc) is 2.98. The van der Waals surface area contributed by atoms with Gasteiger partial charge in [-0.25, -0.2) is 0 Å². The topological polar surface area (TPSA) is 62.2 Å². The van der Waals surface area contributed by atoms with Crippen LogP contribution in [0, 0.1) is 0 Å². The van der Waals surface area contributed by atoms with Crippen LogP contribution >= 0.6 is 0 Å². The van der Waals surface area contributed by atoms with Crippen LogP contribution in [0.15, 0.2) is 30.3 Å². The Balaban J connectivity index is 1.41. The molecule has 2 saturated heterocycles. The molecule has 1 atom stereocenters. The second-order valence-corrected chi connectivity index (χ2v) is 6.59. The molecule has 0 spiro atoms. The number of para-hydroxylation sites is 1. The number of benzene rings is 1. The fourth-order valence-corrected chi connectivity index (χ4v) is 3.30. The number of carbonyl (C=O) groups is 1. The molecule has 0 aliphatic carbocycles. The Bertz CT molecular complexity index is 533. The summed E-state index contributed by atoms with van der Waals surface area (Å²) in [5, 5.41) is 10.8. The van der Waals surface area contributed by atoms with Crippen LogP contribution in [0.25, 0.3) is 0 Å². The van der Waals surface area contributed by atoms with Crippen LogP contribution in [0.5, 0.6) is 5.75 Å². The number of β-amino-alcohol motifs (C(OH)–C–C–N with tert-alkyl or cyclic N) is 1. The van der Waals surface area contributed by atoms with E-state index in [4.69, 9.17) is 9.47 Å². The van der Waals surface area contributed by atoms with Crippen molar-refractivity contribution in [1.29, 1.82) is 0 Å². The molecule has 24 heavy (non-hydrogen) atoms. The van der Waals surface area contributed by atoms with Crippen LogP contribution in [-0.2, 0) is 9.53 Å². The zero-order valence-electron chi connectivity index (χ0n) is 14.0. The van der Waals surface area contributed by atoms with Crippen LogP contribution in [0.4, 0.5) is 0 Å². The molecule has 1 aromatic carbocycles. The number of hydrogen-bond acceptors (Lipinski definition) is 5. The van der Waals surface area contributed by atoms with Gasteiger partial charge in [0.15, 0.2) is 0 Å². The maximum absolute atomic E-state index is 12.3. The van der Waals surface area contributed by atoms with Gasteiger partial charge < -0.3 is 19.5 Å². The van der Waals surface area contributed by atoms with E-state index in [1.165, 1.54) is 0 Å². The molecule has 0 radical (unpaired) electrons. The number of carbonyl (C=O) groups excluding carboxylic acids is 1. The highest BCUT2D eigenvalue weighted by Crippen LogP contribution is 2.23. The maximum atomic E-state index is 12.3. The summed E-state index contributed by atoms with van der Waals surface area (Å²) in [5.41, 5.74) is -0.798. The lowest BCUT2D eigenvalue weighted by Crippen LogP contribution is -2.49. The zero-order chi connectivity index (χ0) is 16.8. The SMILES string of the molecule is O=C(CCOc1ccccc1)N1CC[C@](O)(CN2CCOCC2)C1. The first kappa shape index (κ1) is 17.2. The molecule has 1 N–H and O–H groups in total. The normalized spacial score (nSPS) is 25.0. The predicted molar refractivity (Wildman–Crippen MR) is 90.0 cm³/mol. The van der Waals surface area contributed by atoms with Crippen molar-refractivity contribution < 1.29 is 19.4 Å². The zero-order valence-corrected chi connectivity index (χ0v) is 14.0. The van der Waals surface area contributed by atoms with Gasteiger partial charge in [0, 0.05) is 26.2 Å². The maximum Gasteiger partial charge on any atom is 0.226 e. The van der Waals surface area contributed by atoms with Crippen molar-refractivity contribution in [3.05, 3.63) is 30.3 Å². The summed E-state index contributed by atoms with van der Waals surface area (Å²) in [6.07, 6.45) is 0.970. The molecule has 0 unspecified atom stereocenters. The van der Waals surface area contributed by atoms with Crippen LogP contribution in [0.3, 0.4) is 0 Å². The Morgan fingerprint density at radius 1 is 1.21 bits per heavy atom. The van der Waals surface area contributed by atoms with Gasteiger partial charge in [-0.05, 0) is 18.6 Å². The number of hydrogen-bond donors (Lipinski definition) is 1. The van der Waals surface area contributed by atoms with Crippen molar-refractivity contribution in [2.45, 2.75) is 18.4 Å². The van der Waals surface area contributed by atoms with E-state index in [9.17, 15) is 9.90 Å². The first-order chi connectivity index (χ1) is 11.6. The Kier molecular flexibility index (Phi) is 5.71. The second-order valence-electron chi connectivity index (χ2n) is 6.59. The van der Waals surface area contributed by atoms with E-state index in [0.29, 0.717) is 39.1 Å². The van der Waals surface area contributed by atoms with E-state index in [1.807, 2.05) is 30.3 Å². The number of rotatable bonds is 6.